The average molecular weight is 284 g/mol. The summed E-state index contributed by atoms with van der Waals surface area (Å²) in [5, 5.41) is 0. The van der Waals surface area contributed by atoms with Gasteiger partial charge in [-0.15, -0.1) is 0 Å². The number of carbonyl (C=O) groups is 2. The number of hydrogen-bond donors (Lipinski definition) is 0. The minimum Gasteiger partial charge on any atom is -0.497 e. The summed E-state index contributed by atoms with van der Waals surface area (Å²) in [6, 6.07) is 3.76. The highest BCUT2D eigenvalue weighted by Gasteiger charge is 2.17. The van der Waals surface area contributed by atoms with Crippen molar-refractivity contribution in [3.8, 4) is 11.5 Å². The van der Waals surface area contributed by atoms with Crippen LogP contribution in [0.25, 0.3) is 0 Å². The van der Waals surface area contributed by atoms with Crippen LogP contribution in [0.5, 0.6) is 11.5 Å². The van der Waals surface area contributed by atoms with E-state index in [1.165, 1.54) is 19.2 Å². The smallest absolute Gasteiger partial charge is 0.374 e. The Labute approximate surface area is 114 Å². The first-order chi connectivity index (χ1) is 9.51. The molecule has 0 heterocycles. The highest BCUT2D eigenvalue weighted by molar-refractivity contribution is 5.95. The number of hydrogen-bond acceptors (Lipinski definition) is 6. The van der Waals surface area contributed by atoms with Crippen LogP contribution in [-0.4, -0.2) is 33.3 Å². The maximum Gasteiger partial charge on any atom is 0.374 e. The minimum atomic E-state index is -0.939. The fourth-order valence-electron chi connectivity index (χ4n) is 1.21. The van der Waals surface area contributed by atoms with Gasteiger partial charge >= 0.3 is 11.9 Å². The molecule has 108 valence electrons. The van der Waals surface area contributed by atoms with Crippen LogP contribution in [0.2, 0.25) is 0 Å². The van der Waals surface area contributed by atoms with E-state index in [1.54, 1.807) is 0 Å². The largest absolute Gasteiger partial charge is 0.497 e. The lowest BCUT2D eigenvalue weighted by Gasteiger charge is -2.09. The van der Waals surface area contributed by atoms with Gasteiger partial charge in [-0.3, -0.25) is 0 Å². The lowest BCUT2D eigenvalue weighted by atomic mass is 10.3. The molecule has 1 aromatic rings. The second-order valence-corrected chi connectivity index (χ2v) is 3.42. The number of carbonyl (C=O) groups excluding carboxylic acids is 2. The fourth-order valence-corrected chi connectivity index (χ4v) is 1.21. The Balaban J connectivity index is 3.04. The second-order valence-electron chi connectivity index (χ2n) is 3.42. The van der Waals surface area contributed by atoms with Gasteiger partial charge in [0.05, 0.1) is 27.4 Å². The molecule has 0 aliphatic carbocycles. The van der Waals surface area contributed by atoms with E-state index in [-0.39, 0.29) is 11.5 Å². The zero-order chi connectivity index (χ0) is 15.1. The highest BCUT2D eigenvalue weighted by atomic mass is 19.1. The van der Waals surface area contributed by atoms with Crippen LogP contribution < -0.4 is 9.47 Å². The molecule has 0 fully saturated rings. The molecule has 1 rings (SSSR count). The number of esters is 2. The van der Waals surface area contributed by atoms with Crippen molar-refractivity contribution >= 4 is 11.9 Å². The Morgan fingerprint density at radius 1 is 1.15 bits per heavy atom. The summed E-state index contributed by atoms with van der Waals surface area (Å²) in [7, 11) is 3.61. The SMILES string of the molecule is COC(=O)/C=C(\Oc1ccc(OC)cc1F)C(=O)OC. The van der Waals surface area contributed by atoms with Gasteiger partial charge in [-0.05, 0) is 12.1 Å². The Bertz CT molecular complexity index is 538. The lowest BCUT2D eigenvalue weighted by molar-refractivity contribution is -0.140. The van der Waals surface area contributed by atoms with Gasteiger partial charge in [0.1, 0.15) is 5.75 Å². The quantitative estimate of drug-likeness (QED) is 0.463. The zero-order valence-electron chi connectivity index (χ0n) is 11.1. The Morgan fingerprint density at radius 2 is 1.85 bits per heavy atom. The van der Waals surface area contributed by atoms with E-state index in [2.05, 4.69) is 9.47 Å². The summed E-state index contributed by atoms with van der Waals surface area (Å²) in [5.41, 5.74) is 0. The third-order valence-corrected chi connectivity index (χ3v) is 2.20. The van der Waals surface area contributed by atoms with E-state index in [9.17, 15) is 14.0 Å². The fraction of sp³-hybridized carbons (Fsp3) is 0.231. The van der Waals surface area contributed by atoms with E-state index < -0.39 is 23.5 Å². The van der Waals surface area contributed by atoms with Crippen molar-refractivity contribution in [2.75, 3.05) is 21.3 Å². The van der Waals surface area contributed by atoms with Crippen LogP contribution >= 0.6 is 0 Å². The molecule has 0 amide bonds. The molecule has 0 N–H and O–H groups in total. The number of methoxy groups -OCH3 is 3. The molecule has 0 saturated carbocycles. The monoisotopic (exact) mass is 284 g/mol. The molecular formula is C13H13FO6. The Kier molecular flexibility index (Phi) is 5.52. The molecule has 0 aliphatic rings. The molecule has 7 heteroatoms. The van der Waals surface area contributed by atoms with E-state index in [0.29, 0.717) is 0 Å². The van der Waals surface area contributed by atoms with Crippen molar-refractivity contribution < 1.29 is 32.9 Å². The topological polar surface area (TPSA) is 71.1 Å². The Morgan fingerprint density at radius 3 is 2.35 bits per heavy atom. The van der Waals surface area contributed by atoms with Crippen molar-refractivity contribution in [2.45, 2.75) is 0 Å². The van der Waals surface area contributed by atoms with E-state index in [1.807, 2.05) is 0 Å². The standard InChI is InChI=1S/C13H13FO6/c1-17-8-4-5-10(9(14)6-8)20-11(13(16)19-3)7-12(15)18-2/h4-7H,1-3H3/b11-7-. The molecule has 20 heavy (non-hydrogen) atoms. The molecule has 0 radical (unpaired) electrons. The van der Waals surface area contributed by atoms with Crippen molar-refractivity contribution in [1.29, 1.82) is 0 Å². The predicted molar refractivity (Wildman–Crippen MR) is 65.7 cm³/mol. The van der Waals surface area contributed by atoms with E-state index in [4.69, 9.17) is 9.47 Å². The van der Waals surface area contributed by atoms with Crippen molar-refractivity contribution in [2.24, 2.45) is 0 Å². The van der Waals surface area contributed by atoms with Crippen LogP contribution in [-0.2, 0) is 19.1 Å². The van der Waals surface area contributed by atoms with Gasteiger partial charge in [0.15, 0.2) is 11.6 Å². The van der Waals surface area contributed by atoms with Gasteiger partial charge in [0, 0.05) is 6.07 Å². The maximum atomic E-state index is 13.7. The number of halogens is 1. The van der Waals surface area contributed by atoms with Gasteiger partial charge in [-0.1, -0.05) is 0 Å². The summed E-state index contributed by atoms with van der Waals surface area (Å²) in [6.07, 6.45) is 0.759. The first-order valence-electron chi connectivity index (χ1n) is 5.41. The summed E-state index contributed by atoms with van der Waals surface area (Å²) in [4.78, 5) is 22.5. The molecule has 0 atom stereocenters. The zero-order valence-corrected chi connectivity index (χ0v) is 11.1. The molecule has 0 aliphatic heterocycles. The summed E-state index contributed by atoms with van der Waals surface area (Å²) < 4.78 is 32.3. The molecule has 0 bridgehead atoms. The predicted octanol–water partition coefficient (Wildman–Crippen LogP) is 1.44. The molecule has 0 saturated heterocycles. The van der Waals surface area contributed by atoms with E-state index >= 15 is 0 Å². The summed E-state index contributed by atoms with van der Waals surface area (Å²) in [6.45, 7) is 0. The third kappa shape index (κ3) is 3.98. The minimum absolute atomic E-state index is 0.258. The van der Waals surface area contributed by atoms with E-state index in [0.717, 1.165) is 26.4 Å². The average Bonchev–Trinajstić information content (AvgIpc) is 2.47. The van der Waals surface area contributed by atoms with Gasteiger partial charge in [0.25, 0.3) is 0 Å². The van der Waals surface area contributed by atoms with Gasteiger partial charge < -0.3 is 18.9 Å². The van der Waals surface area contributed by atoms with Gasteiger partial charge in [-0.2, -0.15) is 0 Å². The Hall–Kier alpha value is -2.57. The maximum absolute atomic E-state index is 13.7. The molecule has 0 aromatic heterocycles. The van der Waals surface area contributed by atoms with Crippen molar-refractivity contribution in [3.63, 3.8) is 0 Å². The summed E-state index contributed by atoms with van der Waals surface area (Å²) >= 11 is 0. The number of ether oxygens (including phenoxy) is 4. The normalized spacial score (nSPS) is 10.7. The molecule has 0 unspecified atom stereocenters. The van der Waals surface area contributed by atoms with Crippen LogP contribution in [0.3, 0.4) is 0 Å². The third-order valence-electron chi connectivity index (χ3n) is 2.20. The van der Waals surface area contributed by atoms with Gasteiger partial charge in [-0.25, -0.2) is 14.0 Å². The second kappa shape index (κ2) is 7.13. The van der Waals surface area contributed by atoms with Crippen LogP contribution in [0.15, 0.2) is 30.0 Å². The van der Waals surface area contributed by atoms with Crippen molar-refractivity contribution in [1.82, 2.24) is 0 Å². The van der Waals surface area contributed by atoms with Crippen LogP contribution in [0, 0.1) is 5.82 Å². The first-order valence-corrected chi connectivity index (χ1v) is 5.41. The molecular weight excluding hydrogens is 271 g/mol. The first kappa shape index (κ1) is 15.5. The van der Waals surface area contributed by atoms with Crippen molar-refractivity contribution in [3.05, 3.63) is 35.9 Å². The molecule has 1 aromatic carbocycles. The highest BCUT2D eigenvalue weighted by Crippen LogP contribution is 2.24. The summed E-state index contributed by atoms with van der Waals surface area (Å²) in [5.74, 6) is -3.00. The van der Waals surface area contributed by atoms with Gasteiger partial charge in [0.2, 0.25) is 5.76 Å². The lowest BCUT2D eigenvalue weighted by Crippen LogP contribution is -2.14. The molecule has 6 nitrogen and oxygen atoms in total. The van der Waals surface area contributed by atoms with Crippen LogP contribution in [0.1, 0.15) is 0 Å². The number of rotatable bonds is 5. The number of benzene rings is 1. The van der Waals surface area contributed by atoms with Crippen LogP contribution in [0.4, 0.5) is 4.39 Å². The molecule has 0 spiro atoms.